The maximum atomic E-state index is 12.5. The molecule has 2 unspecified atom stereocenters. The van der Waals surface area contributed by atoms with Crippen molar-refractivity contribution in [2.75, 3.05) is 18.5 Å². The predicted molar refractivity (Wildman–Crippen MR) is 86.6 cm³/mol. The molecule has 0 spiro atoms. The van der Waals surface area contributed by atoms with Gasteiger partial charge in [0.25, 0.3) is 5.91 Å². The fraction of sp³-hybridized carbons (Fsp3) is 0.600. The fourth-order valence-electron chi connectivity index (χ4n) is 2.37. The molecule has 5 nitrogen and oxygen atoms in total. The SMILES string of the molecule is CCCNc1ncc(Br)cc1C(=O)NC(C)C1CCCO1. The summed E-state index contributed by atoms with van der Waals surface area (Å²) in [5.41, 5.74) is 0.558. The molecule has 1 aromatic rings. The maximum absolute atomic E-state index is 12.5. The van der Waals surface area contributed by atoms with Crippen LogP contribution in [-0.2, 0) is 4.74 Å². The summed E-state index contributed by atoms with van der Waals surface area (Å²) in [6.07, 6.45) is 4.84. The minimum atomic E-state index is -0.120. The molecule has 2 rings (SSSR count). The molecule has 1 fully saturated rings. The molecule has 0 bridgehead atoms. The Bertz CT molecular complexity index is 490. The molecule has 0 saturated carbocycles. The number of nitrogens with one attached hydrogen (secondary N) is 2. The summed E-state index contributed by atoms with van der Waals surface area (Å²) in [7, 11) is 0. The van der Waals surface area contributed by atoms with Crippen molar-refractivity contribution in [3.8, 4) is 0 Å². The van der Waals surface area contributed by atoms with Crippen LogP contribution in [0.15, 0.2) is 16.7 Å². The second kappa shape index (κ2) is 7.75. The number of halogens is 1. The van der Waals surface area contributed by atoms with Gasteiger partial charge in [0, 0.05) is 23.8 Å². The number of amides is 1. The van der Waals surface area contributed by atoms with Crippen LogP contribution in [-0.4, -0.2) is 36.2 Å². The van der Waals surface area contributed by atoms with Crippen molar-refractivity contribution in [2.45, 2.75) is 45.3 Å². The van der Waals surface area contributed by atoms with Crippen LogP contribution in [0.2, 0.25) is 0 Å². The van der Waals surface area contributed by atoms with Crippen molar-refractivity contribution < 1.29 is 9.53 Å². The van der Waals surface area contributed by atoms with Crippen molar-refractivity contribution >= 4 is 27.7 Å². The summed E-state index contributed by atoms with van der Waals surface area (Å²) in [6, 6.07) is 1.79. The van der Waals surface area contributed by atoms with E-state index in [9.17, 15) is 4.79 Å². The van der Waals surface area contributed by atoms with Gasteiger partial charge in [0.05, 0.1) is 17.7 Å². The summed E-state index contributed by atoms with van der Waals surface area (Å²) >= 11 is 3.37. The number of hydrogen-bond donors (Lipinski definition) is 2. The maximum Gasteiger partial charge on any atom is 0.255 e. The number of pyridine rings is 1. The van der Waals surface area contributed by atoms with Gasteiger partial charge in [0.15, 0.2) is 0 Å². The standard InChI is InChI=1S/C15H22BrN3O2/c1-3-6-17-14-12(8-11(16)9-18-14)15(20)19-10(2)13-5-4-7-21-13/h8-10,13H,3-7H2,1-2H3,(H,17,18)(H,19,20). The molecule has 6 heteroatoms. The van der Waals surface area contributed by atoms with E-state index in [4.69, 9.17) is 4.74 Å². The molecule has 0 radical (unpaired) electrons. The lowest BCUT2D eigenvalue weighted by Gasteiger charge is -2.20. The highest BCUT2D eigenvalue weighted by atomic mass is 79.9. The zero-order chi connectivity index (χ0) is 15.2. The second-order valence-corrected chi connectivity index (χ2v) is 6.21. The Labute approximate surface area is 134 Å². The molecular weight excluding hydrogens is 334 g/mol. The van der Waals surface area contributed by atoms with Crippen molar-refractivity contribution in [2.24, 2.45) is 0 Å². The van der Waals surface area contributed by atoms with Crippen LogP contribution in [0.5, 0.6) is 0 Å². The Morgan fingerprint density at radius 2 is 2.43 bits per heavy atom. The molecule has 2 N–H and O–H groups in total. The Hall–Kier alpha value is -1.14. The van der Waals surface area contributed by atoms with E-state index < -0.39 is 0 Å². The van der Waals surface area contributed by atoms with E-state index >= 15 is 0 Å². The first kappa shape index (κ1) is 16.2. The lowest BCUT2D eigenvalue weighted by atomic mass is 10.1. The monoisotopic (exact) mass is 355 g/mol. The first-order chi connectivity index (χ1) is 10.1. The summed E-state index contributed by atoms with van der Waals surface area (Å²) in [4.78, 5) is 16.8. The molecule has 1 aliphatic heterocycles. The number of hydrogen-bond acceptors (Lipinski definition) is 4. The highest BCUT2D eigenvalue weighted by molar-refractivity contribution is 9.10. The van der Waals surface area contributed by atoms with Crippen molar-refractivity contribution in [1.29, 1.82) is 0 Å². The van der Waals surface area contributed by atoms with E-state index in [1.165, 1.54) is 0 Å². The van der Waals surface area contributed by atoms with Crippen LogP contribution in [0.3, 0.4) is 0 Å². The average Bonchev–Trinajstić information content (AvgIpc) is 3.00. The Kier molecular flexibility index (Phi) is 5.99. The van der Waals surface area contributed by atoms with E-state index in [1.807, 2.05) is 6.92 Å². The average molecular weight is 356 g/mol. The smallest absolute Gasteiger partial charge is 0.255 e. The summed E-state index contributed by atoms with van der Waals surface area (Å²) in [5.74, 6) is 0.502. The van der Waals surface area contributed by atoms with Crippen LogP contribution >= 0.6 is 15.9 Å². The Morgan fingerprint density at radius 1 is 1.62 bits per heavy atom. The summed E-state index contributed by atoms with van der Waals surface area (Å²) in [5, 5.41) is 6.21. The first-order valence-corrected chi connectivity index (χ1v) is 8.23. The van der Waals surface area contributed by atoms with Gasteiger partial charge >= 0.3 is 0 Å². The van der Waals surface area contributed by atoms with Crippen LogP contribution in [0.25, 0.3) is 0 Å². The third-order valence-electron chi connectivity index (χ3n) is 3.52. The van der Waals surface area contributed by atoms with Crippen molar-refractivity contribution in [3.05, 3.63) is 22.3 Å². The van der Waals surface area contributed by atoms with Gasteiger partial charge in [0.1, 0.15) is 5.82 Å². The lowest BCUT2D eigenvalue weighted by Crippen LogP contribution is -2.41. The van der Waals surface area contributed by atoms with Crippen LogP contribution in [0.1, 0.15) is 43.5 Å². The zero-order valence-electron chi connectivity index (χ0n) is 12.5. The van der Waals surface area contributed by atoms with Gasteiger partial charge in [0.2, 0.25) is 0 Å². The molecule has 2 heterocycles. The van der Waals surface area contributed by atoms with Gasteiger partial charge in [-0.1, -0.05) is 6.92 Å². The van der Waals surface area contributed by atoms with Gasteiger partial charge in [-0.15, -0.1) is 0 Å². The number of aromatic nitrogens is 1. The minimum Gasteiger partial charge on any atom is -0.376 e. The van der Waals surface area contributed by atoms with E-state index in [-0.39, 0.29) is 18.1 Å². The number of nitrogens with zero attached hydrogens (tertiary/aromatic N) is 1. The van der Waals surface area contributed by atoms with E-state index in [0.29, 0.717) is 11.4 Å². The van der Waals surface area contributed by atoms with Crippen LogP contribution in [0, 0.1) is 0 Å². The third kappa shape index (κ3) is 4.41. The van der Waals surface area contributed by atoms with Gasteiger partial charge in [-0.3, -0.25) is 4.79 Å². The van der Waals surface area contributed by atoms with Gasteiger partial charge in [-0.05, 0) is 48.2 Å². The largest absolute Gasteiger partial charge is 0.376 e. The highest BCUT2D eigenvalue weighted by Crippen LogP contribution is 2.20. The molecule has 1 saturated heterocycles. The normalized spacial score (nSPS) is 19.3. The van der Waals surface area contributed by atoms with E-state index in [0.717, 1.165) is 36.9 Å². The fourth-order valence-corrected chi connectivity index (χ4v) is 2.70. The molecule has 0 aromatic carbocycles. The molecular formula is C15H22BrN3O2. The summed E-state index contributed by atoms with van der Waals surface area (Å²) in [6.45, 7) is 5.63. The van der Waals surface area contributed by atoms with Gasteiger partial charge in [-0.2, -0.15) is 0 Å². The minimum absolute atomic E-state index is 0.00185. The predicted octanol–water partition coefficient (Wildman–Crippen LogP) is 2.96. The summed E-state index contributed by atoms with van der Waals surface area (Å²) < 4.78 is 6.41. The highest BCUT2D eigenvalue weighted by Gasteiger charge is 2.25. The quantitative estimate of drug-likeness (QED) is 0.823. The lowest BCUT2D eigenvalue weighted by molar-refractivity contribution is 0.0712. The molecule has 1 amide bonds. The number of rotatable bonds is 6. The number of anilines is 1. The Morgan fingerprint density at radius 3 is 3.10 bits per heavy atom. The third-order valence-corrected chi connectivity index (χ3v) is 3.96. The number of ether oxygens (including phenoxy) is 1. The first-order valence-electron chi connectivity index (χ1n) is 7.43. The number of carbonyl (C=O) groups excluding carboxylic acids is 1. The van der Waals surface area contributed by atoms with Gasteiger partial charge in [-0.25, -0.2) is 4.98 Å². The molecule has 0 aliphatic carbocycles. The van der Waals surface area contributed by atoms with E-state index in [1.54, 1.807) is 12.3 Å². The molecule has 21 heavy (non-hydrogen) atoms. The van der Waals surface area contributed by atoms with Crippen LogP contribution in [0.4, 0.5) is 5.82 Å². The van der Waals surface area contributed by atoms with Gasteiger partial charge < -0.3 is 15.4 Å². The molecule has 2 atom stereocenters. The zero-order valence-corrected chi connectivity index (χ0v) is 14.1. The number of carbonyl (C=O) groups is 1. The molecule has 1 aliphatic rings. The van der Waals surface area contributed by atoms with E-state index in [2.05, 4.69) is 38.5 Å². The molecule has 1 aromatic heterocycles. The molecule has 116 valence electrons. The topological polar surface area (TPSA) is 63.2 Å². The van der Waals surface area contributed by atoms with Crippen LogP contribution < -0.4 is 10.6 Å². The van der Waals surface area contributed by atoms with Crippen molar-refractivity contribution in [3.63, 3.8) is 0 Å². The Balaban J connectivity index is 2.07. The second-order valence-electron chi connectivity index (χ2n) is 5.29. The van der Waals surface area contributed by atoms with Crippen molar-refractivity contribution in [1.82, 2.24) is 10.3 Å².